The van der Waals surface area contributed by atoms with Crippen molar-refractivity contribution >= 4 is 17.4 Å². The van der Waals surface area contributed by atoms with E-state index in [1.807, 2.05) is 0 Å². The number of carbonyl (C=O) groups excluding carboxylic acids is 1. The number of carbonyl (C=O) groups is 1. The highest BCUT2D eigenvalue weighted by Crippen LogP contribution is 2.24. The fourth-order valence-electron chi connectivity index (χ4n) is 1.92. The summed E-state index contributed by atoms with van der Waals surface area (Å²) in [6.07, 6.45) is 2.25. The molecule has 0 aliphatic heterocycles. The van der Waals surface area contributed by atoms with Gasteiger partial charge in [0.05, 0.1) is 0 Å². The molecule has 6 heteroatoms. The normalized spacial score (nSPS) is 13.8. The Morgan fingerprint density at radius 2 is 1.95 bits per heavy atom. The van der Waals surface area contributed by atoms with Crippen LogP contribution in [-0.4, -0.2) is 21.9 Å². The zero-order valence-corrected chi connectivity index (χ0v) is 11.6. The minimum atomic E-state index is -0.346. The predicted molar refractivity (Wildman–Crippen MR) is 77.8 cm³/mol. The standard InChI is InChI=1S/C15H15FN4O/c1-9-17-13(8-14(18-9)19-11-6-7-11)15(21)20-12-4-2-10(16)3-5-12/h2-5,8,11H,6-7H2,1H3,(H,20,21)(H,17,18,19). The molecule has 108 valence electrons. The number of anilines is 2. The monoisotopic (exact) mass is 286 g/mol. The second-order valence-electron chi connectivity index (χ2n) is 5.07. The predicted octanol–water partition coefficient (Wildman–Crippen LogP) is 2.75. The van der Waals surface area contributed by atoms with E-state index in [-0.39, 0.29) is 17.4 Å². The van der Waals surface area contributed by atoms with Gasteiger partial charge in [0.1, 0.15) is 23.2 Å². The van der Waals surface area contributed by atoms with E-state index in [9.17, 15) is 9.18 Å². The van der Waals surface area contributed by atoms with E-state index in [1.54, 1.807) is 13.0 Å². The number of hydrogen-bond donors (Lipinski definition) is 2. The van der Waals surface area contributed by atoms with Gasteiger partial charge in [-0.05, 0) is 44.0 Å². The van der Waals surface area contributed by atoms with E-state index in [2.05, 4.69) is 20.6 Å². The highest BCUT2D eigenvalue weighted by molar-refractivity contribution is 6.03. The zero-order chi connectivity index (χ0) is 14.8. The van der Waals surface area contributed by atoms with Gasteiger partial charge in [0.2, 0.25) is 0 Å². The van der Waals surface area contributed by atoms with Gasteiger partial charge in [-0.2, -0.15) is 0 Å². The van der Waals surface area contributed by atoms with Gasteiger partial charge in [0.25, 0.3) is 5.91 Å². The first kappa shape index (κ1) is 13.5. The molecule has 0 radical (unpaired) electrons. The molecule has 1 fully saturated rings. The minimum Gasteiger partial charge on any atom is -0.367 e. The van der Waals surface area contributed by atoms with Crippen LogP contribution in [0.3, 0.4) is 0 Å². The lowest BCUT2D eigenvalue weighted by Crippen LogP contribution is -2.16. The number of rotatable bonds is 4. The average molecular weight is 286 g/mol. The summed E-state index contributed by atoms with van der Waals surface area (Å²) in [7, 11) is 0. The first-order valence-corrected chi connectivity index (χ1v) is 6.79. The van der Waals surface area contributed by atoms with Crippen molar-refractivity contribution in [3.05, 3.63) is 47.7 Å². The molecule has 0 unspecified atom stereocenters. The van der Waals surface area contributed by atoms with Crippen molar-refractivity contribution in [1.82, 2.24) is 9.97 Å². The second-order valence-corrected chi connectivity index (χ2v) is 5.07. The lowest BCUT2D eigenvalue weighted by atomic mass is 10.3. The summed E-state index contributed by atoms with van der Waals surface area (Å²) >= 11 is 0. The number of halogens is 1. The van der Waals surface area contributed by atoms with Crippen molar-refractivity contribution in [2.24, 2.45) is 0 Å². The maximum atomic E-state index is 12.8. The molecule has 1 aliphatic carbocycles. The molecule has 1 heterocycles. The molecule has 1 aromatic heterocycles. The van der Waals surface area contributed by atoms with E-state index in [4.69, 9.17) is 0 Å². The number of amides is 1. The summed E-state index contributed by atoms with van der Waals surface area (Å²) < 4.78 is 12.8. The number of nitrogens with one attached hydrogen (secondary N) is 2. The van der Waals surface area contributed by atoms with Crippen LogP contribution in [0, 0.1) is 12.7 Å². The highest BCUT2D eigenvalue weighted by atomic mass is 19.1. The third-order valence-corrected chi connectivity index (χ3v) is 3.10. The Balaban J connectivity index is 1.76. The van der Waals surface area contributed by atoms with Crippen molar-refractivity contribution in [2.45, 2.75) is 25.8 Å². The highest BCUT2D eigenvalue weighted by Gasteiger charge is 2.22. The van der Waals surface area contributed by atoms with Crippen LogP contribution in [0.5, 0.6) is 0 Å². The van der Waals surface area contributed by atoms with E-state index in [1.165, 1.54) is 24.3 Å². The number of nitrogens with zero attached hydrogens (tertiary/aromatic N) is 2. The lowest BCUT2D eigenvalue weighted by molar-refractivity contribution is 0.102. The van der Waals surface area contributed by atoms with Crippen LogP contribution in [0.1, 0.15) is 29.2 Å². The number of hydrogen-bond acceptors (Lipinski definition) is 4. The van der Waals surface area contributed by atoms with Crippen LogP contribution < -0.4 is 10.6 Å². The Morgan fingerprint density at radius 1 is 1.24 bits per heavy atom. The molecule has 0 bridgehead atoms. The third kappa shape index (κ3) is 3.53. The largest absolute Gasteiger partial charge is 0.367 e. The van der Waals surface area contributed by atoms with Gasteiger partial charge >= 0.3 is 0 Å². The zero-order valence-electron chi connectivity index (χ0n) is 11.6. The van der Waals surface area contributed by atoms with Crippen molar-refractivity contribution < 1.29 is 9.18 Å². The van der Waals surface area contributed by atoms with Gasteiger partial charge in [-0.25, -0.2) is 14.4 Å². The molecule has 1 aliphatic rings. The topological polar surface area (TPSA) is 66.9 Å². The van der Waals surface area contributed by atoms with Crippen LogP contribution in [0.25, 0.3) is 0 Å². The molecule has 1 amide bonds. The van der Waals surface area contributed by atoms with Gasteiger partial charge in [0, 0.05) is 17.8 Å². The van der Waals surface area contributed by atoms with Crippen LogP contribution in [-0.2, 0) is 0 Å². The van der Waals surface area contributed by atoms with E-state index in [0.29, 0.717) is 23.4 Å². The van der Waals surface area contributed by atoms with E-state index < -0.39 is 0 Å². The second kappa shape index (κ2) is 5.47. The van der Waals surface area contributed by atoms with Crippen molar-refractivity contribution in [2.75, 3.05) is 10.6 Å². The molecule has 0 saturated heterocycles. The number of aromatic nitrogens is 2. The van der Waals surface area contributed by atoms with Crippen LogP contribution >= 0.6 is 0 Å². The Kier molecular flexibility index (Phi) is 3.51. The Morgan fingerprint density at radius 3 is 2.62 bits per heavy atom. The first-order chi connectivity index (χ1) is 10.1. The lowest BCUT2D eigenvalue weighted by Gasteiger charge is -2.08. The maximum absolute atomic E-state index is 12.8. The van der Waals surface area contributed by atoms with Crippen LogP contribution in [0.4, 0.5) is 15.9 Å². The maximum Gasteiger partial charge on any atom is 0.274 e. The number of benzene rings is 1. The third-order valence-electron chi connectivity index (χ3n) is 3.10. The Hall–Kier alpha value is -2.50. The number of aryl methyl sites for hydroxylation is 1. The average Bonchev–Trinajstić information content (AvgIpc) is 3.24. The van der Waals surface area contributed by atoms with Crippen molar-refractivity contribution in [1.29, 1.82) is 0 Å². The minimum absolute atomic E-state index is 0.287. The molecule has 1 aromatic carbocycles. The first-order valence-electron chi connectivity index (χ1n) is 6.79. The molecule has 0 spiro atoms. The quantitative estimate of drug-likeness (QED) is 0.907. The van der Waals surface area contributed by atoms with Crippen molar-refractivity contribution in [3.8, 4) is 0 Å². The Bertz CT molecular complexity index is 668. The summed E-state index contributed by atoms with van der Waals surface area (Å²) in [5.41, 5.74) is 0.810. The summed E-state index contributed by atoms with van der Waals surface area (Å²) in [5, 5.41) is 5.93. The molecule has 21 heavy (non-hydrogen) atoms. The Labute approximate surface area is 121 Å². The van der Waals surface area contributed by atoms with Gasteiger partial charge < -0.3 is 10.6 Å². The van der Waals surface area contributed by atoms with Crippen molar-refractivity contribution in [3.63, 3.8) is 0 Å². The van der Waals surface area contributed by atoms with Crippen LogP contribution in [0.2, 0.25) is 0 Å². The summed E-state index contributed by atoms with van der Waals surface area (Å²) in [6.45, 7) is 1.74. The molecule has 1 saturated carbocycles. The SMILES string of the molecule is Cc1nc(NC2CC2)cc(C(=O)Nc2ccc(F)cc2)n1. The van der Waals surface area contributed by atoms with Crippen LogP contribution in [0.15, 0.2) is 30.3 Å². The summed E-state index contributed by atoms with van der Waals surface area (Å²) in [5.74, 6) is 0.506. The van der Waals surface area contributed by atoms with E-state index >= 15 is 0 Å². The fraction of sp³-hybridized carbons (Fsp3) is 0.267. The fourth-order valence-corrected chi connectivity index (χ4v) is 1.92. The van der Waals surface area contributed by atoms with Gasteiger partial charge in [-0.1, -0.05) is 0 Å². The molecular weight excluding hydrogens is 271 g/mol. The molecule has 2 aromatic rings. The molecular formula is C15H15FN4O. The van der Waals surface area contributed by atoms with Gasteiger partial charge in [-0.3, -0.25) is 4.79 Å². The molecule has 0 atom stereocenters. The van der Waals surface area contributed by atoms with Gasteiger partial charge in [-0.15, -0.1) is 0 Å². The summed E-state index contributed by atoms with van der Waals surface area (Å²) in [4.78, 5) is 20.6. The van der Waals surface area contributed by atoms with E-state index in [0.717, 1.165) is 12.8 Å². The molecule has 5 nitrogen and oxygen atoms in total. The smallest absolute Gasteiger partial charge is 0.274 e. The molecule has 2 N–H and O–H groups in total. The van der Waals surface area contributed by atoms with Gasteiger partial charge in [0.15, 0.2) is 0 Å². The summed E-state index contributed by atoms with van der Waals surface area (Å²) in [6, 6.07) is 7.67. The molecule has 3 rings (SSSR count).